The van der Waals surface area contributed by atoms with E-state index in [2.05, 4.69) is 10.3 Å². The Bertz CT molecular complexity index is 403. The summed E-state index contributed by atoms with van der Waals surface area (Å²) in [6, 6.07) is 1.85. The maximum Gasteiger partial charge on any atom is 0.224 e. The normalized spacial score (nSPS) is 9.94. The summed E-state index contributed by atoms with van der Waals surface area (Å²) in [5.41, 5.74) is 6.98. The molecule has 0 aliphatic heterocycles. The Morgan fingerprint density at radius 2 is 2.18 bits per heavy atom. The molecule has 1 aromatic heterocycles. The number of nitrogens with one attached hydrogen (secondary N) is 2. The molecule has 92 valence electrons. The Labute approximate surface area is 101 Å². The summed E-state index contributed by atoms with van der Waals surface area (Å²) in [5, 5.41) is 9.87. The number of aryl methyl sites for hydroxylation is 1. The molecule has 0 aliphatic carbocycles. The van der Waals surface area contributed by atoms with Gasteiger partial charge in [0.15, 0.2) is 0 Å². The molecule has 4 N–H and O–H groups in total. The largest absolute Gasteiger partial charge is 0.388 e. The van der Waals surface area contributed by atoms with Crippen molar-refractivity contribution in [3.63, 3.8) is 0 Å². The number of unbranched alkanes of at least 4 members (excludes halogenated alkanes) is 1. The molecule has 0 aliphatic rings. The number of carbonyl (C=O) groups excluding carboxylic acids is 1. The zero-order chi connectivity index (χ0) is 12.7. The van der Waals surface area contributed by atoms with Crippen molar-refractivity contribution in [2.45, 2.75) is 32.6 Å². The fourth-order valence-electron chi connectivity index (χ4n) is 1.41. The van der Waals surface area contributed by atoms with E-state index in [9.17, 15) is 4.79 Å². The number of aromatic nitrogens is 1. The molecule has 1 amide bonds. The van der Waals surface area contributed by atoms with E-state index in [1.807, 2.05) is 13.0 Å². The molecule has 0 atom stereocenters. The highest BCUT2D eigenvalue weighted by Crippen LogP contribution is 2.12. The van der Waals surface area contributed by atoms with E-state index in [1.54, 1.807) is 12.4 Å². The summed E-state index contributed by atoms with van der Waals surface area (Å²) in [7, 11) is 0. The van der Waals surface area contributed by atoms with Crippen molar-refractivity contribution in [1.82, 2.24) is 4.98 Å². The first kappa shape index (κ1) is 13.2. The van der Waals surface area contributed by atoms with Crippen LogP contribution in [0.2, 0.25) is 0 Å². The minimum absolute atomic E-state index is 0.0235. The number of amides is 1. The summed E-state index contributed by atoms with van der Waals surface area (Å²) in [4.78, 5) is 15.5. The highest BCUT2D eigenvalue weighted by Gasteiger charge is 2.04. The van der Waals surface area contributed by atoms with Crippen molar-refractivity contribution >= 4 is 17.4 Å². The second kappa shape index (κ2) is 6.62. The molecule has 1 aromatic rings. The average Bonchev–Trinajstić information content (AvgIpc) is 2.27. The van der Waals surface area contributed by atoms with Crippen LogP contribution in [0.3, 0.4) is 0 Å². The van der Waals surface area contributed by atoms with Crippen molar-refractivity contribution in [3.8, 4) is 0 Å². The molecule has 17 heavy (non-hydrogen) atoms. The van der Waals surface area contributed by atoms with Crippen LogP contribution in [0.1, 0.15) is 31.2 Å². The fraction of sp³-hybridized carbons (Fsp3) is 0.417. The molecule has 5 heteroatoms. The van der Waals surface area contributed by atoms with Crippen LogP contribution in [0.5, 0.6) is 0 Å². The van der Waals surface area contributed by atoms with Gasteiger partial charge in [-0.2, -0.15) is 0 Å². The third kappa shape index (κ3) is 5.10. The van der Waals surface area contributed by atoms with E-state index < -0.39 is 0 Å². The predicted molar refractivity (Wildman–Crippen MR) is 68.0 cm³/mol. The third-order valence-electron chi connectivity index (χ3n) is 2.41. The van der Waals surface area contributed by atoms with Crippen LogP contribution in [0, 0.1) is 12.3 Å². The molecule has 0 spiro atoms. The predicted octanol–water partition coefficient (Wildman–Crippen LogP) is 1.82. The third-order valence-corrected chi connectivity index (χ3v) is 2.41. The maximum atomic E-state index is 11.6. The number of nitrogens with two attached hydrogens (primary N) is 1. The lowest BCUT2D eigenvalue weighted by Gasteiger charge is -2.07. The highest BCUT2D eigenvalue weighted by atomic mass is 16.1. The van der Waals surface area contributed by atoms with E-state index in [0.29, 0.717) is 12.8 Å². The van der Waals surface area contributed by atoms with Crippen molar-refractivity contribution < 1.29 is 4.79 Å². The number of anilines is 1. The quantitative estimate of drug-likeness (QED) is 0.398. The van der Waals surface area contributed by atoms with Crippen LogP contribution in [0.25, 0.3) is 0 Å². The summed E-state index contributed by atoms with van der Waals surface area (Å²) < 4.78 is 0. The number of nitrogens with zero attached hydrogens (tertiary/aromatic N) is 1. The van der Waals surface area contributed by atoms with Gasteiger partial charge in [-0.05, 0) is 31.4 Å². The SMILES string of the molecule is Cc1ccncc1NC(=O)CCCCC(=N)N. The van der Waals surface area contributed by atoms with Crippen LogP contribution in [0.4, 0.5) is 5.69 Å². The zero-order valence-corrected chi connectivity index (χ0v) is 9.99. The van der Waals surface area contributed by atoms with Gasteiger partial charge in [0.05, 0.1) is 17.7 Å². The first-order valence-corrected chi connectivity index (χ1v) is 5.63. The van der Waals surface area contributed by atoms with Gasteiger partial charge < -0.3 is 11.1 Å². The van der Waals surface area contributed by atoms with Gasteiger partial charge in [0, 0.05) is 19.0 Å². The minimum atomic E-state index is -0.0235. The Kier molecular flexibility index (Phi) is 5.13. The average molecular weight is 234 g/mol. The van der Waals surface area contributed by atoms with Crippen molar-refractivity contribution in [2.24, 2.45) is 5.73 Å². The van der Waals surface area contributed by atoms with Crippen LogP contribution in [-0.4, -0.2) is 16.7 Å². The van der Waals surface area contributed by atoms with Gasteiger partial charge in [-0.1, -0.05) is 0 Å². The lowest BCUT2D eigenvalue weighted by molar-refractivity contribution is -0.116. The molecule has 0 radical (unpaired) electrons. The molecule has 0 saturated heterocycles. The van der Waals surface area contributed by atoms with Crippen molar-refractivity contribution in [3.05, 3.63) is 24.0 Å². The topological polar surface area (TPSA) is 91.9 Å². The number of pyridine rings is 1. The zero-order valence-electron chi connectivity index (χ0n) is 9.99. The molecule has 1 heterocycles. The maximum absolute atomic E-state index is 11.6. The molecule has 5 nitrogen and oxygen atoms in total. The molecule has 0 fully saturated rings. The molecule has 0 saturated carbocycles. The summed E-state index contributed by atoms with van der Waals surface area (Å²) >= 11 is 0. The summed E-state index contributed by atoms with van der Waals surface area (Å²) in [6.45, 7) is 1.92. The van der Waals surface area contributed by atoms with E-state index in [4.69, 9.17) is 11.1 Å². The van der Waals surface area contributed by atoms with Gasteiger partial charge in [-0.15, -0.1) is 0 Å². The Balaban J connectivity index is 2.30. The fourth-order valence-corrected chi connectivity index (χ4v) is 1.41. The van der Waals surface area contributed by atoms with Gasteiger partial charge in [0.2, 0.25) is 5.91 Å². The van der Waals surface area contributed by atoms with Gasteiger partial charge >= 0.3 is 0 Å². The van der Waals surface area contributed by atoms with Gasteiger partial charge in [-0.25, -0.2) is 0 Å². The van der Waals surface area contributed by atoms with Crippen LogP contribution < -0.4 is 11.1 Å². The first-order chi connectivity index (χ1) is 8.09. The standard InChI is InChI=1S/C12H18N4O/c1-9-6-7-15-8-10(9)16-12(17)5-3-2-4-11(13)14/h6-8H,2-5H2,1H3,(H3,13,14)(H,16,17). The summed E-state index contributed by atoms with van der Waals surface area (Å²) in [6.07, 6.45) is 5.85. The Morgan fingerprint density at radius 3 is 2.82 bits per heavy atom. The molecular weight excluding hydrogens is 216 g/mol. The van der Waals surface area contributed by atoms with Gasteiger partial charge in [-0.3, -0.25) is 15.2 Å². The smallest absolute Gasteiger partial charge is 0.224 e. The lowest BCUT2D eigenvalue weighted by atomic mass is 10.1. The number of rotatable bonds is 6. The molecule has 0 bridgehead atoms. The monoisotopic (exact) mass is 234 g/mol. The number of amidine groups is 1. The Hall–Kier alpha value is -1.91. The van der Waals surface area contributed by atoms with Crippen LogP contribution in [-0.2, 0) is 4.79 Å². The second-order valence-electron chi connectivity index (χ2n) is 3.97. The lowest BCUT2D eigenvalue weighted by Crippen LogP contribution is -2.13. The molecule has 1 rings (SSSR count). The number of carbonyl (C=O) groups is 1. The molecule has 0 aromatic carbocycles. The van der Waals surface area contributed by atoms with Gasteiger partial charge in [0.1, 0.15) is 0 Å². The van der Waals surface area contributed by atoms with Crippen LogP contribution >= 0.6 is 0 Å². The van der Waals surface area contributed by atoms with E-state index in [1.165, 1.54) is 0 Å². The minimum Gasteiger partial charge on any atom is -0.388 e. The van der Waals surface area contributed by atoms with Gasteiger partial charge in [0.25, 0.3) is 0 Å². The number of hydrogen-bond acceptors (Lipinski definition) is 3. The second-order valence-corrected chi connectivity index (χ2v) is 3.97. The van der Waals surface area contributed by atoms with E-state index in [-0.39, 0.29) is 11.7 Å². The van der Waals surface area contributed by atoms with Crippen molar-refractivity contribution in [1.29, 1.82) is 5.41 Å². The Morgan fingerprint density at radius 1 is 1.47 bits per heavy atom. The van der Waals surface area contributed by atoms with E-state index in [0.717, 1.165) is 24.1 Å². The molecule has 0 unspecified atom stereocenters. The summed E-state index contributed by atoms with van der Waals surface area (Å²) in [5.74, 6) is 0.151. The molecular formula is C12H18N4O. The van der Waals surface area contributed by atoms with Crippen molar-refractivity contribution in [2.75, 3.05) is 5.32 Å². The van der Waals surface area contributed by atoms with Crippen LogP contribution in [0.15, 0.2) is 18.5 Å². The first-order valence-electron chi connectivity index (χ1n) is 5.63. The number of hydrogen-bond donors (Lipinski definition) is 3. The van der Waals surface area contributed by atoms with E-state index >= 15 is 0 Å². The highest BCUT2D eigenvalue weighted by molar-refractivity contribution is 5.91.